The zero-order valence-corrected chi connectivity index (χ0v) is 21.8. The smallest absolute Gasteiger partial charge is 0.299 e. The summed E-state index contributed by atoms with van der Waals surface area (Å²) in [5, 5.41) is -0.923. The number of rotatable bonds is 6. The topological polar surface area (TPSA) is 81.6 Å². The van der Waals surface area contributed by atoms with Gasteiger partial charge in [-0.1, -0.05) is 40.9 Å². The van der Waals surface area contributed by atoms with Crippen LogP contribution in [0.3, 0.4) is 0 Å². The second-order valence-corrected chi connectivity index (χ2v) is 11.9. The Morgan fingerprint density at radius 2 is 1.66 bits per heavy atom. The van der Waals surface area contributed by atoms with Gasteiger partial charge in [0, 0.05) is 17.4 Å². The lowest BCUT2D eigenvalue weighted by Gasteiger charge is -2.26. The van der Waals surface area contributed by atoms with Crippen LogP contribution in [0.25, 0.3) is 5.83 Å². The van der Waals surface area contributed by atoms with E-state index in [1.807, 2.05) is 5.43 Å². The van der Waals surface area contributed by atoms with Crippen LogP contribution < -0.4 is 10.9 Å². The first-order chi connectivity index (χ1) is 17.4. The van der Waals surface area contributed by atoms with Crippen molar-refractivity contribution in [2.24, 2.45) is 0 Å². The summed E-state index contributed by atoms with van der Waals surface area (Å²) in [6.07, 6.45) is -9.95. The molecule has 3 rings (SSSR count). The van der Waals surface area contributed by atoms with E-state index in [9.17, 15) is 44.6 Å². The van der Waals surface area contributed by atoms with Gasteiger partial charge in [-0.15, -0.1) is 0 Å². The Balaban J connectivity index is 1.93. The molecule has 1 fully saturated rings. The van der Waals surface area contributed by atoms with Crippen LogP contribution >= 0.6 is 45.4 Å². The first-order valence-electron chi connectivity index (χ1n) is 10.5. The minimum absolute atomic E-state index is 0.0575. The minimum atomic E-state index is -5.17. The molecule has 2 unspecified atom stereocenters. The van der Waals surface area contributed by atoms with Crippen molar-refractivity contribution in [3.8, 4) is 0 Å². The number of nitrogens with one attached hydrogen (secondary N) is 2. The second-order valence-electron chi connectivity index (χ2n) is 8.35. The molecule has 0 radical (unpaired) electrons. The molecular weight excluding hydrogens is 612 g/mol. The maximum atomic E-state index is 15.0. The lowest BCUT2D eigenvalue weighted by Crippen LogP contribution is -2.45. The highest BCUT2D eigenvalue weighted by atomic mass is 35.5. The number of allylic oxidation sites excluding steroid dienone is 1. The van der Waals surface area contributed by atoms with E-state index in [1.54, 1.807) is 0 Å². The number of carbonyl (C=O) groups excluding carboxylic acids is 1. The van der Waals surface area contributed by atoms with Crippen molar-refractivity contribution >= 4 is 57.1 Å². The lowest BCUT2D eigenvalue weighted by atomic mass is 9.95. The zero-order chi connectivity index (χ0) is 28.6. The average Bonchev–Trinajstić information content (AvgIpc) is 3.15. The van der Waals surface area contributed by atoms with Gasteiger partial charge in [-0.05, 0) is 42.3 Å². The molecule has 0 spiro atoms. The number of amides is 1. The number of hydrogen-bond acceptors (Lipinski definition) is 4. The molecule has 1 heterocycles. The third-order valence-corrected chi connectivity index (χ3v) is 8.55. The Kier molecular flexibility index (Phi) is 9.24. The van der Waals surface area contributed by atoms with Gasteiger partial charge in [-0.3, -0.25) is 19.3 Å². The van der Waals surface area contributed by atoms with E-state index < -0.39 is 68.9 Å². The van der Waals surface area contributed by atoms with Crippen molar-refractivity contribution in [1.29, 1.82) is 0 Å². The van der Waals surface area contributed by atoms with Crippen molar-refractivity contribution in [3.05, 3.63) is 73.7 Å². The van der Waals surface area contributed by atoms with Crippen LogP contribution in [-0.2, 0) is 6.18 Å². The van der Waals surface area contributed by atoms with Gasteiger partial charge in [-0.25, -0.2) is 9.82 Å². The molecule has 2 atom stereocenters. The Bertz CT molecular complexity index is 1230. The maximum Gasteiger partial charge on any atom is 0.417 e. The van der Waals surface area contributed by atoms with Crippen molar-refractivity contribution in [3.63, 3.8) is 0 Å². The number of benzene rings is 2. The van der Waals surface area contributed by atoms with Crippen molar-refractivity contribution in [2.75, 3.05) is 11.5 Å². The van der Waals surface area contributed by atoms with E-state index in [0.29, 0.717) is 6.07 Å². The van der Waals surface area contributed by atoms with Gasteiger partial charge in [-0.2, -0.15) is 36.9 Å². The monoisotopic (exact) mass is 628 g/mol. The molecule has 1 amide bonds. The van der Waals surface area contributed by atoms with Gasteiger partial charge in [0.15, 0.2) is 0 Å². The van der Waals surface area contributed by atoms with Gasteiger partial charge in [0.2, 0.25) is 0 Å². The van der Waals surface area contributed by atoms with Gasteiger partial charge < -0.3 is 0 Å². The second kappa shape index (κ2) is 11.4. The Morgan fingerprint density at radius 3 is 2.16 bits per heavy atom. The highest BCUT2D eigenvalue weighted by Gasteiger charge is 2.41. The fourth-order valence-electron chi connectivity index (χ4n) is 3.67. The van der Waals surface area contributed by atoms with Crippen LogP contribution in [0.2, 0.25) is 15.1 Å². The van der Waals surface area contributed by atoms with E-state index in [0.717, 1.165) is 18.2 Å². The normalized spacial score (nSPS) is 19.8. The van der Waals surface area contributed by atoms with Gasteiger partial charge in [0.1, 0.15) is 11.7 Å². The zero-order valence-electron chi connectivity index (χ0n) is 18.7. The summed E-state index contributed by atoms with van der Waals surface area (Å²) < 4.78 is 117. The molecule has 0 aromatic heterocycles. The lowest BCUT2D eigenvalue weighted by molar-refractivity contribution is -0.140. The number of carbonyl (C=O) groups is 1. The van der Waals surface area contributed by atoms with Crippen LogP contribution in [-0.4, -0.2) is 38.7 Å². The Morgan fingerprint density at radius 1 is 1.05 bits per heavy atom. The van der Waals surface area contributed by atoms with Crippen molar-refractivity contribution in [1.82, 2.24) is 10.9 Å². The molecular formula is C22H18Cl3F7N2O3S. The maximum absolute atomic E-state index is 15.0. The van der Waals surface area contributed by atoms with Crippen LogP contribution in [0.15, 0.2) is 36.4 Å². The molecule has 1 saturated heterocycles. The quantitative estimate of drug-likeness (QED) is 0.148. The van der Waals surface area contributed by atoms with E-state index in [-0.39, 0.29) is 45.1 Å². The molecule has 4 N–H and O–H groups in total. The molecule has 16 heteroatoms. The predicted molar refractivity (Wildman–Crippen MR) is 132 cm³/mol. The Labute approximate surface area is 228 Å². The van der Waals surface area contributed by atoms with E-state index in [1.165, 1.54) is 0 Å². The number of hydrogen-bond donors (Lipinski definition) is 4. The Hall–Kier alpha value is -1.74. The standard InChI is InChI=1S/C22H18Cl3F7N2O3S/c23-16-6-11(7-17(24)19(16)25)14(21(27,28)29)8-18(26)10-1-2-13(15(5-10)22(30,31)32)20(35)34-33-12-3-4-38(36,37)9-12/h1-2,5-8,12,14,33,36-37H,3-4,9H2,(H,34,35). The molecule has 0 aliphatic carbocycles. The SMILES string of the molecule is O=C(NNC1CCS(O)(O)C1)c1ccc(C(F)=CC(c2cc(Cl)c(Cl)c(Cl)c2)C(F)(F)F)cc1C(F)(F)F. The highest BCUT2D eigenvalue weighted by Crippen LogP contribution is 2.46. The first-order valence-corrected chi connectivity index (χ1v) is 13.5. The molecule has 2 aromatic rings. The fraction of sp³-hybridized carbons (Fsp3) is 0.318. The molecule has 5 nitrogen and oxygen atoms in total. The van der Waals surface area contributed by atoms with Crippen LogP contribution in [0.5, 0.6) is 0 Å². The van der Waals surface area contributed by atoms with Gasteiger partial charge in [0.05, 0.1) is 31.9 Å². The molecule has 210 valence electrons. The van der Waals surface area contributed by atoms with Crippen LogP contribution in [0.4, 0.5) is 30.7 Å². The van der Waals surface area contributed by atoms with Crippen molar-refractivity contribution < 1.29 is 44.6 Å². The summed E-state index contributed by atoms with van der Waals surface area (Å²) in [6, 6.07) is 2.56. The largest absolute Gasteiger partial charge is 0.417 e. The fourth-order valence-corrected chi connectivity index (χ4v) is 6.01. The summed E-state index contributed by atoms with van der Waals surface area (Å²) in [7, 11) is -2.85. The van der Waals surface area contributed by atoms with Crippen LogP contribution in [0.1, 0.15) is 39.4 Å². The number of halogens is 10. The molecule has 1 aliphatic rings. The summed E-state index contributed by atoms with van der Waals surface area (Å²) in [4.78, 5) is 12.4. The third-order valence-electron chi connectivity index (χ3n) is 5.53. The third kappa shape index (κ3) is 7.46. The molecule has 38 heavy (non-hydrogen) atoms. The van der Waals surface area contributed by atoms with Gasteiger partial charge >= 0.3 is 12.4 Å². The van der Waals surface area contributed by atoms with E-state index >= 15 is 0 Å². The van der Waals surface area contributed by atoms with E-state index in [4.69, 9.17) is 34.8 Å². The van der Waals surface area contributed by atoms with Gasteiger partial charge in [0.25, 0.3) is 5.91 Å². The average molecular weight is 630 g/mol. The molecule has 0 saturated carbocycles. The van der Waals surface area contributed by atoms with E-state index in [2.05, 4.69) is 5.43 Å². The number of hydrazine groups is 1. The number of alkyl halides is 6. The minimum Gasteiger partial charge on any atom is -0.299 e. The summed E-state index contributed by atoms with van der Waals surface area (Å²) in [5.74, 6) is -5.62. The summed E-state index contributed by atoms with van der Waals surface area (Å²) in [6.45, 7) is 0. The summed E-state index contributed by atoms with van der Waals surface area (Å²) >= 11 is 17.3. The van der Waals surface area contributed by atoms with Crippen molar-refractivity contribution in [2.45, 2.75) is 30.7 Å². The highest BCUT2D eigenvalue weighted by molar-refractivity contribution is 8.24. The summed E-state index contributed by atoms with van der Waals surface area (Å²) in [5.41, 5.74) is 0.447. The van der Waals surface area contributed by atoms with Crippen LogP contribution in [0, 0.1) is 0 Å². The molecule has 0 bridgehead atoms. The first kappa shape index (κ1) is 30.8. The predicted octanol–water partition coefficient (Wildman–Crippen LogP) is 8.08. The molecule has 2 aromatic carbocycles. The molecule has 1 aliphatic heterocycles.